The first-order chi connectivity index (χ1) is 14.8. The third-order valence-corrected chi connectivity index (χ3v) is 6.68. The van der Waals surface area contributed by atoms with Crippen LogP contribution in [0.1, 0.15) is 109 Å². The van der Waals surface area contributed by atoms with Crippen molar-refractivity contribution < 1.29 is 0 Å². The van der Waals surface area contributed by atoms with Crippen molar-refractivity contribution in [3.05, 3.63) is 60.2 Å². The van der Waals surface area contributed by atoms with Crippen molar-refractivity contribution in [1.82, 2.24) is 5.32 Å². The molecule has 0 aliphatic heterocycles. The predicted molar refractivity (Wildman–Crippen MR) is 133 cm³/mol. The van der Waals surface area contributed by atoms with Gasteiger partial charge in [-0.05, 0) is 43.2 Å². The molecule has 0 bridgehead atoms. The first-order valence-corrected chi connectivity index (χ1v) is 12.9. The highest BCUT2D eigenvalue weighted by molar-refractivity contribution is 5.16. The maximum atomic E-state index is 3.97. The van der Waals surface area contributed by atoms with Gasteiger partial charge in [-0.3, -0.25) is 0 Å². The fourth-order valence-electron chi connectivity index (χ4n) is 4.77. The van der Waals surface area contributed by atoms with Gasteiger partial charge in [-0.2, -0.15) is 0 Å². The summed E-state index contributed by atoms with van der Waals surface area (Å²) in [5.41, 5.74) is 1.43. The lowest BCUT2D eigenvalue weighted by molar-refractivity contribution is 0.368. The van der Waals surface area contributed by atoms with Gasteiger partial charge in [0.1, 0.15) is 0 Å². The maximum absolute atomic E-state index is 3.97. The van der Waals surface area contributed by atoms with Crippen LogP contribution in [-0.4, -0.2) is 12.6 Å². The minimum atomic E-state index is 0.583. The monoisotopic (exact) mass is 409 g/mol. The summed E-state index contributed by atoms with van der Waals surface area (Å²) in [5.74, 6) is 1.29. The summed E-state index contributed by atoms with van der Waals surface area (Å²) < 4.78 is 0. The van der Waals surface area contributed by atoms with Gasteiger partial charge in [0.05, 0.1) is 0 Å². The first-order valence-electron chi connectivity index (χ1n) is 12.9. The molecule has 1 saturated carbocycles. The van der Waals surface area contributed by atoms with Crippen LogP contribution in [0.2, 0.25) is 0 Å². The molecule has 0 aromatic heterocycles. The summed E-state index contributed by atoms with van der Waals surface area (Å²) in [7, 11) is 0. The normalized spacial score (nSPS) is 19.4. The van der Waals surface area contributed by atoms with Crippen molar-refractivity contribution in [3.63, 3.8) is 0 Å². The Balaban J connectivity index is 1.81. The Bertz CT molecular complexity index is 556. The lowest BCUT2D eigenvalue weighted by atomic mass is 9.91. The predicted octanol–water partition coefficient (Wildman–Crippen LogP) is 8.59. The standard InChI is InChI=1S/C29H47N/c1-26(24-27(2)28-20-16-12-8-7-9-13-17-21-28)25-30-29-22-18-14-10-5-3-4-6-11-15-19-23-29/h7-9,12-13,16-17,20-21,26-27,29-30H,3-6,10-11,14-15,18-19,22-25H2,1-2H3. The third-order valence-electron chi connectivity index (χ3n) is 6.68. The fourth-order valence-corrected chi connectivity index (χ4v) is 4.77. The van der Waals surface area contributed by atoms with Crippen LogP contribution in [0.15, 0.2) is 54.6 Å². The van der Waals surface area contributed by atoms with E-state index in [0.29, 0.717) is 11.8 Å². The van der Waals surface area contributed by atoms with Crippen LogP contribution in [0.5, 0.6) is 0 Å². The minimum absolute atomic E-state index is 0.583. The molecule has 1 fully saturated rings. The molecule has 0 radical (unpaired) electrons. The van der Waals surface area contributed by atoms with Crippen LogP contribution < -0.4 is 5.32 Å². The van der Waals surface area contributed by atoms with Crippen LogP contribution >= 0.6 is 0 Å². The van der Waals surface area contributed by atoms with Crippen molar-refractivity contribution >= 4 is 0 Å². The molecule has 1 aliphatic rings. The fraction of sp³-hybridized carbons (Fsp3) is 0.655. The quantitative estimate of drug-likeness (QED) is 0.496. The van der Waals surface area contributed by atoms with Crippen molar-refractivity contribution in [3.8, 4) is 0 Å². The molecular weight excluding hydrogens is 362 g/mol. The van der Waals surface area contributed by atoms with E-state index in [1.165, 1.54) is 89.0 Å². The summed E-state index contributed by atoms with van der Waals surface area (Å²) >= 11 is 0. The average molecular weight is 410 g/mol. The molecule has 1 heteroatoms. The van der Waals surface area contributed by atoms with Gasteiger partial charge in [0, 0.05) is 6.04 Å². The highest BCUT2D eigenvalue weighted by atomic mass is 14.9. The topological polar surface area (TPSA) is 12.0 Å². The Labute approximate surface area is 187 Å². The zero-order valence-corrected chi connectivity index (χ0v) is 19.8. The molecule has 0 heterocycles. The van der Waals surface area contributed by atoms with Gasteiger partial charge in [0.2, 0.25) is 0 Å². The smallest absolute Gasteiger partial charge is 0.00671 e. The molecule has 1 nitrogen and oxygen atoms in total. The summed E-state index contributed by atoms with van der Waals surface area (Å²) in [4.78, 5) is 0. The largest absolute Gasteiger partial charge is 0.314 e. The number of hydrogen-bond acceptors (Lipinski definition) is 1. The van der Waals surface area contributed by atoms with Crippen LogP contribution in [0.25, 0.3) is 0 Å². The minimum Gasteiger partial charge on any atom is -0.314 e. The molecule has 0 spiro atoms. The Hall–Kier alpha value is -1.34. The van der Waals surface area contributed by atoms with E-state index in [1.807, 2.05) is 0 Å². The van der Waals surface area contributed by atoms with Crippen LogP contribution in [0, 0.1) is 5.92 Å². The molecule has 1 aromatic carbocycles. The third kappa shape index (κ3) is 11.7. The summed E-state index contributed by atoms with van der Waals surface area (Å²) in [6.45, 7) is 5.96. The average Bonchev–Trinajstić information content (AvgIpc) is 2.77. The van der Waals surface area contributed by atoms with Crippen molar-refractivity contribution in [2.45, 2.75) is 109 Å². The second-order valence-corrected chi connectivity index (χ2v) is 9.64. The molecule has 2 unspecified atom stereocenters. The molecule has 30 heavy (non-hydrogen) atoms. The lowest BCUT2D eigenvalue weighted by Gasteiger charge is -2.23. The van der Waals surface area contributed by atoms with Crippen molar-refractivity contribution in [2.24, 2.45) is 5.92 Å². The molecule has 0 amide bonds. The Morgan fingerprint density at radius 3 is 1.60 bits per heavy atom. The summed E-state index contributed by atoms with van der Waals surface area (Å²) in [5, 5.41) is 3.97. The molecule has 0 saturated heterocycles. The SMILES string of the molecule is CC(CNC1CCCCCCCCCCCC1)CC(C)c1ccccccccc1. The zero-order valence-electron chi connectivity index (χ0n) is 19.8. The number of hydrogen-bond donors (Lipinski definition) is 1. The zero-order chi connectivity index (χ0) is 21.3. The molecule has 2 rings (SSSR count). The highest BCUT2D eigenvalue weighted by Gasteiger charge is 2.13. The number of nitrogens with one attached hydrogen (secondary N) is 1. The molecule has 1 aliphatic carbocycles. The Morgan fingerprint density at radius 2 is 1.10 bits per heavy atom. The van der Waals surface area contributed by atoms with Gasteiger partial charge in [0.15, 0.2) is 0 Å². The van der Waals surface area contributed by atoms with Gasteiger partial charge in [-0.15, -0.1) is 0 Å². The molecule has 2 atom stereocenters. The van der Waals surface area contributed by atoms with E-state index < -0.39 is 0 Å². The van der Waals surface area contributed by atoms with Gasteiger partial charge in [-0.25, -0.2) is 0 Å². The van der Waals surface area contributed by atoms with Gasteiger partial charge < -0.3 is 5.32 Å². The summed E-state index contributed by atoms with van der Waals surface area (Å²) in [6, 6.07) is 20.1. The van der Waals surface area contributed by atoms with E-state index in [4.69, 9.17) is 0 Å². The summed E-state index contributed by atoms with van der Waals surface area (Å²) in [6.07, 6.45) is 18.4. The van der Waals surface area contributed by atoms with Gasteiger partial charge in [-0.1, -0.05) is 133 Å². The van der Waals surface area contributed by atoms with E-state index in [-0.39, 0.29) is 0 Å². The maximum Gasteiger partial charge on any atom is 0.00671 e. The Morgan fingerprint density at radius 1 is 0.667 bits per heavy atom. The van der Waals surface area contributed by atoms with E-state index in [1.54, 1.807) is 0 Å². The highest BCUT2D eigenvalue weighted by Crippen LogP contribution is 2.23. The Kier molecular flexibility index (Phi) is 13.6. The van der Waals surface area contributed by atoms with E-state index >= 15 is 0 Å². The molecule has 168 valence electrons. The van der Waals surface area contributed by atoms with Crippen molar-refractivity contribution in [1.29, 1.82) is 0 Å². The van der Waals surface area contributed by atoms with Crippen molar-refractivity contribution in [2.75, 3.05) is 6.54 Å². The van der Waals surface area contributed by atoms with Gasteiger partial charge >= 0.3 is 0 Å². The second-order valence-electron chi connectivity index (χ2n) is 9.64. The number of rotatable bonds is 6. The van der Waals surface area contributed by atoms with Crippen LogP contribution in [0.3, 0.4) is 0 Å². The van der Waals surface area contributed by atoms with Gasteiger partial charge in [0.25, 0.3) is 0 Å². The van der Waals surface area contributed by atoms with E-state index in [9.17, 15) is 0 Å². The molecular formula is C29H47N. The van der Waals surface area contributed by atoms with E-state index in [0.717, 1.165) is 12.6 Å². The second kappa shape index (κ2) is 16.4. The molecule has 1 aromatic rings. The van der Waals surface area contributed by atoms with E-state index in [2.05, 4.69) is 73.8 Å². The molecule has 1 N–H and O–H groups in total. The first kappa shape index (κ1) is 24.9. The van der Waals surface area contributed by atoms with Crippen LogP contribution in [-0.2, 0) is 0 Å². The lowest BCUT2D eigenvalue weighted by Crippen LogP contribution is -2.33. The van der Waals surface area contributed by atoms with Crippen LogP contribution in [0.4, 0.5) is 0 Å².